The van der Waals surface area contributed by atoms with Gasteiger partial charge in [-0.3, -0.25) is 20.2 Å². The van der Waals surface area contributed by atoms with Crippen LogP contribution >= 0.6 is 0 Å². The lowest BCUT2D eigenvalue weighted by molar-refractivity contribution is -0.386. The summed E-state index contributed by atoms with van der Waals surface area (Å²) < 4.78 is 87.5. The lowest BCUT2D eigenvalue weighted by Gasteiger charge is -2.38. The quantitative estimate of drug-likeness (QED) is 0.257. The van der Waals surface area contributed by atoms with Gasteiger partial charge < -0.3 is 10.2 Å². The fourth-order valence-electron chi connectivity index (χ4n) is 3.86. The summed E-state index contributed by atoms with van der Waals surface area (Å²) in [5, 5.41) is 43.1. The summed E-state index contributed by atoms with van der Waals surface area (Å²) in [5.41, 5.74) is -12.2. The first-order valence-corrected chi connectivity index (χ1v) is 9.95. The van der Waals surface area contributed by atoms with Gasteiger partial charge in [-0.2, -0.15) is 26.3 Å². The second kappa shape index (κ2) is 8.89. The summed E-state index contributed by atoms with van der Waals surface area (Å²) in [6.07, 6.45) is -12.4. The molecular formula is C21H20F6N2O6. The molecule has 0 atom stereocenters. The molecule has 192 valence electrons. The van der Waals surface area contributed by atoms with Crippen LogP contribution in [0.1, 0.15) is 61.8 Å². The molecule has 0 heterocycles. The normalized spacial score (nSPS) is 12.9. The van der Waals surface area contributed by atoms with E-state index in [-0.39, 0.29) is 12.1 Å². The van der Waals surface area contributed by atoms with Gasteiger partial charge in [-0.1, -0.05) is 27.7 Å². The molecule has 2 N–H and O–H groups in total. The topological polar surface area (TPSA) is 127 Å². The summed E-state index contributed by atoms with van der Waals surface area (Å²) in [5.74, 6) is -4.08. The van der Waals surface area contributed by atoms with E-state index >= 15 is 0 Å². The zero-order chi connectivity index (χ0) is 27.3. The summed E-state index contributed by atoms with van der Waals surface area (Å²) in [6, 6.07) is 0.606. The van der Waals surface area contributed by atoms with Crippen LogP contribution in [-0.2, 0) is 5.41 Å². The third-order valence-corrected chi connectivity index (χ3v) is 5.59. The van der Waals surface area contributed by atoms with Crippen LogP contribution in [0.4, 0.5) is 37.7 Å². The number of hydrogen-bond donors (Lipinski definition) is 2. The van der Waals surface area contributed by atoms with Gasteiger partial charge in [0.2, 0.25) is 5.41 Å². The van der Waals surface area contributed by atoms with Crippen LogP contribution in [0.3, 0.4) is 0 Å². The minimum absolute atomic E-state index is 0.0457. The highest BCUT2D eigenvalue weighted by molar-refractivity contribution is 5.62. The molecule has 2 aromatic rings. The number of halogens is 6. The van der Waals surface area contributed by atoms with E-state index < -0.39 is 84.6 Å². The molecule has 14 heteroatoms. The molecular weight excluding hydrogens is 490 g/mol. The van der Waals surface area contributed by atoms with E-state index in [1.807, 2.05) is 0 Å². The highest BCUT2D eigenvalue weighted by Crippen LogP contribution is 2.59. The average molecular weight is 510 g/mol. The molecule has 0 saturated carbocycles. The van der Waals surface area contributed by atoms with Gasteiger partial charge in [0.25, 0.3) is 0 Å². The summed E-state index contributed by atoms with van der Waals surface area (Å²) in [7, 11) is 0. The molecule has 0 aromatic heterocycles. The number of benzene rings is 2. The Labute approximate surface area is 194 Å². The lowest BCUT2D eigenvalue weighted by Crippen LogP contribution is -2.55. The fourth-order valence-corrected chi connectivity index (χ4v) is 3.86. The van der Waals surface area contributed by atoms with Crippen molar-refractivity contribution < 1.29 is 46.4 Å². The summed E-state index contributed by atoms with van der Waals surface area (Å²) in [6.45, 7) is 5.14. The molecule has 0 bridgehead atoms. The number of nitro benzene ring substituents is 2. The van der Waals surface area contributed by atoms with E-state index in [0.29, 0.717) is 12.1 Å². The van der Waals surface area contributed by atoms with Crippen LogP contribution in [0.25, 0.3) is 0 Å². The van der Waals surface area contributed by atoms with Crippen LogP contribution in [-0.4, -0.2) is 32.4 Å². The first-order valence-electron chi connectivity index (χ1n) is 9.95. The number of hydrogen-bond acceptors (Lipinski definition) is 6. The Kier molecular flexibility index (Phi) is 7.03. The minimum atomic E-state index is -6.22. The number of rotatable bonds is 6. The molecule has 0 fully saturated rings. The van der Waals surface area contributed by atoms with Crippen molar-refractivity contribution in [2.75, 3.05) is 0 Å². The van der Waals surface area contributed by atoms with E-state index in [9.17, 15) is 56.8 Å². The number of aromatic hydroxyl groups is 2. The van der Waals surface area contributed by atoms with Crippen molar-refractivity contribution in [2.45, 2.75) is 57.3 Å². The maximum Gasteiger partial charge on any atom is 0.411 e. The van der Waals surface area contributed by atoms with Gasteiger partial charge in [-0.15, -0.1) is 0 Å². The molecule has 35 heavy (non-hydrogen) atoms. The third kappa shape index (κ3) is 4.44. The van der Waals surface area contributed by atoms with E-state index in [1.165, 1.54) is 27.7 Å². The molecule has 0 aliphatic carbocycles. The molecule has 2 aromatic carbocycles. The van der Waals surface area contributed by atoms with Crippen LogP contribution < -0.4 is 0 Å². The molecule has 0 spiro atoms. The number of nitrogens with zero attached hydrogens (tertiary/aromatic N) is 2. The van der Waals surface area contributed by atoms with E-state index in [4.69, 9.17) is 0 Å². The molecule has 0 aliphatic heterocycles. The molecule has 0 aliphatic rings. The highest BCUT2D eigenvalue weighted by Gasteiger charge is 2.73. The Balaban J connectivity index is 3.27. The standard InChI is InChI=1S/C21H20F6N2O6/c1-9(2)13-5-11(7-15(17(13)30)28(32)33)19(20(22,23)24,21(25,26)27)12-6-14(10(3)4)18(31)16(8-12)29(34)35/h5-10,30-31H,1-4H3. The Hall–Kier alpha value is -3.58. The van der Waals surface area contributed by atoms with Crippen molar-refractivity contribution in [3.05, 3.63) is 66.7 Å². The fraction of sp³-hybridized carbons (Fsp3) is 0.429. The van der Waals surface area contributed by atoms with E-state index in [2.05, 4.69) is 0 Å². The zero-order valence-corrected chi connectivity index (χ0v) is 18.7. The summed E-state index contributed by atoms with van der Waals surface area (Å²) in [4.78, 5) is 20.1. The van der Waals surface area contributed by atoms with Crippen LogP contribution in [0.5, 0.6) is 11.5 Å². The predicted octanol–water partition coefficient (Wildman–Crippen LogP) is 6.57. The molecule has 0 amide bonds. The first kappa shape index (κ1) is 27.7. The lowest BCUT2D eigenvalue weighted by atomic mass is 9.71. The number of nitro groups is 2. The van der Waals surface area contributed by atoms with Gasteiger partial charge in [0, 0.05) is 23.3 Å². The van der Waals surface area contributed by atoms with Gasteiger partial charge in [0.05, 0.1) is 9.85 Å². The maximum atomic E-state index is 14.6. The predicted molar refractivity (Wildman–Crippen MR) is 111 cm³/mol. The highest BCUT2D eigenvalue weighted by atomic mass is 19.4. The van der Waals surface area contributed by atoms with Crippen molar-refractivity contribution in [1.29, 1.82) is 0 Å². The number of phenols is 2. The van der Waals surface area contributed by atoms with E-state index in [1.54, 1.807) is 0 Å². The molecule has 2 rings (SSSR count). The second-order valence-corrected chi connectivity index (χ2v) is 8.44. The third-order valence-electron chi connectivity index (χ3n) is 5.59. The van der Waals surface area contributed by atoms with Crippen LogP contribution in [0, 0.1) is 20.2 Å². The van der Waals surface area contributed by atoms with Gasteiger partial charge in [0.15, 0.2) is 11.5 Å². The Bertz CT molecular complexity index is 1080. The maximum absolute atomic E-state index is 14.6. The number of alkyl halides is 6. The second-order valence-electron chi connectivity index (χ2n) is 8.44. The van der Waals surface area contributed by atoms with Crippen molar-refractivity contribution in [3.63, 3.8) is 0 Å². The molecule has 0 radical (unpaired) electrons. The van der Waals surface area contributed by atoms with Crippen molar-refractivity contribution in [1.82, 2.24) is 0 Å². The molecule has 8 nitrogen and oxygen atoms in total. The Morgan fingerprint density at radius 3 is 1.17 bits per heavy atom. The van der Waals surface area contributed by atoms with Crippen molar-refractivity contribution >= 4 is 11.4 Å². The smallest absolute Gasteiger partial charge is 0.411 e. The average Bonchev–Trinajstić information content (AvgIpc) is 2.67. The van der Waals surface area contributed by atoms with Crippen molar-refractivity contribution in [3.8, 4) is 11.5 Å². The zero-order valence-electron chi connectivity index (χ0n) is 18.7. The SMILES string of the molecule is CC(C)c1cc(C(c2cc(C(C)C)c(O)c([N+](=O)[O-])c2)(C(F)(F)F)C(F)(F)F)cc([N+](=O)[O-])c1O. The van der Waals surface area contributed by atoms with Gasteiger partial charge in [0.1, 0.15) is 0 Å². The number of phenolic OH excluding ortho intramolecular Hbond substituents is 2. The minimum Gasteiger partial charge on any atom is -0.502 e. The van der Waals surface area contributed by atoms with Gasteiger partial charge in [-0.05, 0) is 35.1 Å². The van der Waals surface area contributed by atoms with Gasteiger partial charge >= 0.3 is 23.7 Å². The monoisotopic (exact) mass is 510 g/mol. The van der Waals surface area contributed by atoms with Crippen LogP contribution in [0.2, 0.25) is 0 Å². The van der Waals surface area contributed by atoms with Gasteiger partial charge in [-0.25, -0.2) is 0 Å². The Morgan fingerprint density at radius 2 is 0.971 bits per heavy atom. The van der Waals surface area contributed by atoms with Crippen LogP contribution in [0.15, 0.2) is 24.3 Å². The summed E-state index contributed by atoms with van der Waals surface area (Å²) >= 11 is 0. The Morgan fingerprint density at radius 1 is 0.686 bits per heavy atom. The largest absolute Gasteiger partial charge is 0.502 e. The molecule has 0 unspecified atom stereocenters. The van der Waals surface area contributed by atoms with E-state index in [0.717, 1.165) is 0 Å². The first-order chi connectivity index (χ1) is 15.8. The molecule has 0 saturated heterocycles. The van der Waals surface area contributed by atoms with Crippen molar-refractivity contribution in [2.24, 2.45) is 0 Å².